The molecule has 20 heavy (non-hydrogen) atoms. The molecule has 0 heterocycles. The zero-order valence-electron chi connectivity index (χ0n) is 14.4. The van der Waals surface area contributed by atoms with Crippen LogP contribution in [0.25, 0.3) is 0 Å². The van der Waals surface area contributed by atoms with E-state index in [4.69, 9.17) is 0 Å². The summed E-state index contributed by atoms with van der Waals surface area (Å²) in [6.45, 7) is 7.15. The van der Waals surface area contributed by atoms with Crippen molar-refractivity contribution in [2.24, 2.45) is 0 Å². The summed E-state index contributed by atoms with van der Waals surface area (Å²) in [5.74, 6) is 0. The smallest absolute Gasteiger partial charge is 0.0697 e. The van der Waals surface area contributed by atoms with Gasteiger partial charge in [-0.15, -0.1) is 0 Å². The van der Waals surface area contributed by atoms with Crippen molar-refractivity contribution in [3.8, 4) is 0 Å². The van der Waals surface area contributed by atoms with Gasteiger partial charge < -0.3 is 5.48 Å². The van der Waals surface area contributed by atoms with Crippen molar-refractivity contribution in [1.29, 1.82) is 0 Å². The minimum Gasteiger partial charge on any atom is -0.870 e. The summed E-state index contributed by atoms with van der Waals surface area (Å²) in [5, 5.41) is 0. The molecule has 0 bridgehead atoms. The third-order valence-corrected chi connectivity index (χ3v) is 10.9. The van der Waals surface area contributed by atoms with Crippen LogP contribution in [-0.2, 0) is 0 Å². The zero-order chi connectivity index (χ0) is 14.0. The molecule has 0 atom stereocenters. The fourth-order valence-electron chi connectivity index (χ4n) is 3.93. The summed E-state index contributed by atoms with van der Waals surface area (Å²) in [4.78, 5) is 0. The Morgan fingerprint density at radius 3 is 1.45 bits per heavy atom. The van der Waals surface area contributed by atoms with Crippen LogP contribution >= 0.6 is 7.26 Å². The molecule has 0 radical (unpaired) electrons. The summed E-state index contributed by atoms with van der Waals surface area (Å²) >= 11 is 0. The zero-order valence-corrected chi connectivity index (χ0v) is 15.3. The number of unbranched alkanes of at least 4 members (excludes halogenated alkanes) is 3. The molecule has 1 aliphatic rings. The maximum absolute atomic E-state index is 2.38. The first kappa shape index (κ1) is 20.4. The molecule has 0 unspecified atom stereocenters. The molecule has 1 fully saturated rings. The van der Waals surface area contributed by atoms with Crippen LogP contribution in [0.2, 0.25) is 0 Å². The molecule has 0 aromatic heterocycles. The van der Waals surface area contributed by atoms with E-state index in [1.807, 2.05) is 0 Å². The molecule has 0 amide bonds. The molecule has 1 rings (SSSR count). The van der Waals surface area contributed by atoms with Gasteiger partial charge in [0.1, 0.15) is 0 Å². The van der Waals surface area contributed by atoms with E-state index >= 15 is 0 Å². The van der Waals surface area contributed by atoms with E-state index in [0.29, 0.717) is 0 Å². The van der Waals surface area contributed by atoms with Gasteiger partial charge >= 0.3 is 0 Å². The van der Waals surface area contributed by atoms with Crippen LogP contribution in [0.5, 0.6) is 0 Å². The number of hydrogen-bond donors (Lipinski definition) is 0. The largest absolute Gasteiger partial charge is 0.870 e. The summed E-state index contributed by atoms with van der Waals surface area (Å²) in [6, 6.07) is 0. The van der Waals surface area contributed by atoms with Gasteiger partial charge in [0.05, 0.1) is 24.1 Å². The van der Waals surface area contributed by atoms with Gasteiger partial charge in [-0.2, -0.15) is 0 Å². The first-order chi connectivity index (χ1) is 9.29. The highest BCUT2D eigenvalue weighted by Crippen LogP contribution is 2.67. The second-order valence-corrected chi connectivity index (χ2v) is 11.3. The summed E-state index contributed by atoms with van der Waals surface area (Å²) in [6.07, 6.45) is 21.4. The molecule has 0 aromatic carbocycles. The lowest BCUT2D eigenvalue weighted by molar-refractivity contribution is 0.504. The highest BCUT2D eigenvalue weighted by atomic mass is 31.2. The van der Waals surface area contributed by atoms with E-state index in [0.717, 1.165) is 0 Å². The van der Waals surface area contributed by atoms with Gasteiger partial charge in [0.15, 0.2) is 0 Å². The Kier molecular flexibility index (Phi) is 12.2. The van der Waals surface area contributed by atoms with Crippen molar-refractivity contribution in [3.63, 3.8) is 0 Å². The van der Waals surface area contributed by atoms with E-state index in [1.165, 1.54) is 63.4 Å². The third-order valence-electron chi connectivity index (χ3n) is 5.22. The van der Waals surface area contributed by atoms with Crippen LogP contribution in [0.4, 0.5) is 0 Å². The van der Waals surface area contributed by atoms with E-state index in [9.17, 15) is 0 Å². The molecule has 1 saturated carbocycles. The quantitative estimate of drug-likeness (QED) is 0.420. The van der Waals surface area contributed by atoms with Crippen LogP contribution < -0.4 is 0 Å². The lowest BCUT2D eigenvalue weighted by Gasteiger charge is -2.37. The lowest BCUT2D eigenvalue weighted by Crippen LogP contribution is -2.24. The van der Waals surface area contributed by atoms with Crippen molar-refractivity contribution < 1.29 is 5.48 Å². The highest BCUT2D eigenvalue weighted by Gasteiger charge is 2.43. The molecule has 1 aliphatic carbocycles. The van der Waals surface area contributed by atoms with Crippen molar-refractivity contribution in [1.82, 2.24) is 0 Å². The Labute approximate surface area is 129 Å². The molecule has 1 nitrogen and oxygen atoms in total. The molecule has 0 saturated heterocycles. The molecule has 1 N–H and O–H groups in total. The first-order valence-electron chi connectivity index (χ1n) is 9.14. The van der Waals surface area contributed by atoms with Gasteiger partial charge in [0, 0.05) is 7.26 Å². The molecular weight excluding hydrogens is 263 g/mol. The van der Waals surface area contributed by atoms with Gasteiger partial charge in [-0.25, -0.2) is 0 Å². The predicted octanol–water partition coefficient (Wildman–Crippen LogP) is 6.56. The van der Waals surface area contributed by atoms with Crippen LogP contribution in [0.1, 0.15) is 91.4 Å². The normalized spacial score (nSPS) is 16.9. The standard InChI is InChI=1S/C18H38P.H2O/c1-4-7-15-19(16-8-5-2,17-9-6-3)18-13-11-10-12-14-18;/h18H,4-17H2,1-3H3;1H2/q+1;/p-1. The highest BCUT2D eigenvalue weighted by molar-refractivity contribution is 7.76. The Balaban J connectivity index is 0.00000361. The molecule has 0 aliphatic heterocycles. The Morgan fingerprint density at radius 2 is 1.10 bits per heavy atom. The number of rotatable bonds is 10. The summed E-state index contributed by atoms with van der Waals surface area (Å²) in [5.41, 5.74) is 1.17. The summed E-state index contributed by atoms with van der Waals surface area (Å²) < 4.78 is 0. The SMILES string of the molecule is CCCC[P+](CCCC)(CCCC)C1CCCCC1.[OH-]. The van der Waals surface area contributed by atoms with Crippen LogP contribution in [0, 0.1) is 0 Å². The summed E-state index contributed by atoms with van der Waals surface area (Å²) in [7, 11) is -0.621. The van der Waals surface area contributed by atoms with Crippen LogP contribution in [-0.4, -0.2) is 29.6 Å². The van der Waals surface area contributed by atoms with E-state index < -0.39 is 7.26 Å². The molecule has 0 spiro atoms. The van der Waals surface area contributed by atoms with Gasteiger partial charge in [-0.05, 0) is 44.9 Å². The maximum atomic E-state index is 2.38. The Bertz CT molecular complexity index is 190. The fourth-order valence-corrected chi connectivity index (χ4v) is 10.00. The van der Waals surface area contributed by atoms with Crippen molar-refractivity contribution in [2.75, 3.05) is 18.5 Å². The first-order valence-corrected chi connectivity index (χ1v) is 11.6. The van der Waals surface area contributed by atoms with Crippen molar-refractivity contribution >= 4 is 7.26 Å². The Morgan fingerprint density at radius 1 is 0.700 bits per heavy atom. The van der Waals surface area contributed by atoms with Gasteiger partial charge in [-0.1, -0.05) is 46.5 Å². The van der Waals surface area contributed by atoms with Crippen molar-refractivity contribution in [3.05, 3.63) is 0 Å². The van der Waals surface area contributed by atoms with Crippen molar-refractivity contribution in [2.45, 2.75) is 97.1 Å². The minimum atomic E-state index is -0.621. The second kappa shape index (κ2) is 12.0. The molecule has 2 heteroatoms. The van der Waals surface area contributed by atoms with E-state index in [1.54, 1.807) is 31.3 Å². The third kappa shape index (κ3) is 6.44. The molecule has 122 valence electrons. The van der Waals surface area contributed by atoms with E-state index in [-0.39, 0.29) is 5.48 Å². The van der Waals surface area contributed by atoms with Gasteiger partial charge in [-0.3, -0.25) is 0 Å². The second-order valence-electron chi connectivity index (χ2n) is 6.74. The lowest BCUT2D eigenvalue weighted by atomic mass is 10.0. The number of hydrogen-bond acceptors (Lipinski definition) is 1. The maximum Gasteiger partial charge on any atom is 0.0697 e. The van der Waals surface area contributed by atoms with Gasteiger partial charge in [0.2, 0.25) is 0 Å². The molecule has 0 aromatic rings. The van der Waals surface area contributed by atoms with Crippen LogP contribution in [0.3, 0.4) is 0 Å². The Hall–Kier alpha value is 0.390. The molecular formula is C18H39OP. The van der Waals surface area contributed by atoms with E-state index in [2.05, 4.69) is 20.8 Å². The average molecular weight is 302 g/mol. The average Bonchev–Trinajstić information content (AvgIpc) is 2.48. The fraction of sp³-hybridized carbons (Fsp3) is 1.00. The minimum absolute atomic E-state index is 0. The predicted molar refractivity (Wildman–Crippen MR) is 95.1 cm³/mol. The monoisotopic (exact) mass is 302 g/mol. The van der Waals surface area contributed by atoms with Gasteiger partial charge in [0.25, 0.3) is 0 Å². The van der Waals surface area contributed by atoms with Crippen LogP contribution in [0.15, 0.2) is 0 Å². The topological polar surface area (TPSA) is 30.0 Å².